The highest BCUT2D eigenvalue weighted by Gasteiger charge is 2.59. The van der Waals surface area contributed by atoms with Crippen LogP contribution in [0, 0.1) is 0 Å². The van der Waals surface area contributed by atoms with Gasteiger partial charge in [0.25, 0.3) is 0 Å². The van der Waals surface area contributed by atoms with Crippen LogP contribution < -0.4 is 11.0 Å². The van der Waals surface area contributed by atoms with Gasteiger partial charge in [-0.25, -0.2) is 9.59 Å². The van der Waals surface area contributed by atoms with Gasteiger partial charge in [-0.2, -0.15) is 13.8 Å². The quantitative estimate of drug-likeness (QED) is 0.603. The molecule has 1 saturated heterocycles. The molecule has 0 radical (unpaired) electrons. The molecule has 26 heavy (non-hydrogen) atoms. The van der Waals surface area contributed by atoms with Crippen LogP contribution in [0.1, 0.15) is 32.4 Å². The zero-order valence-electron chi connectivity index (χ0n) is 14.1. The van der Waals surface area contributed by atoms with Gasteiger partial charge in [0.05, 0.1) is 13.2 Å². The first-order valence-corrected chi connectivity index (χ1v) is 8.16. The molecule has 0 aromatic carbocycles. The molecule has 2 rings (SSSR count). The number of nitrogens with one attached hydrogen (secondary N) is 1. The van der Waals surface area contributed by atoms with E-state index >= 15 is 0 Å². The van der Waals surface area contributed by atoms with E-state index in [9.17, 15) is 23.5 Å². The highest BCUT2D eigenvalue weighted by atomic mass is 19.3. The molecule has 11 heteroatoms. The second-order valence-corrected chi connectivity index (χ2v) is 5.80. The average molecular weight is 377 g/mol. The number of anilines is 1. The van der Waals surface area contributed by atoms with Crippen molar-refractivity contribution in [3.8, 4) is 0 Å². The maximum absolute atomic E-state index is 14.1. The lowest BCUT2D eigenvalue weighted by molar-refractivity contribution is -0.140. The fraction of sp³-hybridized carbons (Fsp3) is 0.667. The highest BCUT2D eigenvalue weighted by molar-refractivity contribution is 5.83. The fourth-order valence-electron chi connectivity index (χ4n) is 2.44. The molecule has 3 N–H and O–H groups in total. The van der Waals surface area contributed by atoms with Crippen molar-refractivity contribution in [2.24, 2.45) is 0 Å². The minimum Gasteiger partial charge on any atom is -0.449 e. The summed E-state index contributed by atoms with van der Waals surface area (Å²) in [5, 5.41) is 20.7. The van der Waals surface area contributed by atoms with Crippen molar-refractivity contribution in [2.75, 3.05) is 18.5 Å². The Hall–Kier alpha value is -2.11. The molecule has 9 nitrogen and oxygen atoms in total. The Kier molecular flexibility index (Phi) is 6.62. The van der Waals surface area contributed by atoms with Crippen LogP contribution in [0.15, 0.2) is 17.1 Å². The SMILES string of the molecule is CCCCCOC(=O)Nc1ccn(C2OC(CO)C(O)C2(F)F)c(=O)n1. The van der Waals surface area contributed by atoms with E-state index < -0.39 is 42.7 Å². The lowest BCUT2D eigenvalue weighted by Crippen LogP contribution is -2.41. The Morgan fingerprint density at radius 2 is 2.23 bits per heavy atom. The second-order valence-electron chi connectivity index (χ2n) is 5.80. The molecular weight excluding hydrogens is 356 g/mol. The number of hydrogen-bond acceptors (Lipinski definition) is 7. The van der Waals surface area contributed by atoms with Gasteiger partial charge in [-0.05, 0) is 12.5 Å². The van der Waals surface area contributed by atoms with Crippen LogP contribution in [0.4, 0.5) is 19.4 Å². The smallest absolute Gasteiger partial charge is 0.412 e. The van der Waals surface area contributed by atoms with Crippen molar-refractivity contribution in [2.45, 2.75) is 50.5 Å². The number of halogens is 2. The number of nitrogens with zero attached hydrogens (tertiary/aromatic N) is 2. The van der Waals surface area contributed by atoms with E-state index in [0.717, 1.165) is 25.1 Å². The molecule has 0 spiro atoms. The van der Waals surface area contributed by atoms with Crippen LogP contribution in [0.2, 0.25) is 0 Å². The molecule has 1 fully saturated rings. The molecule has 1 aromatic heterocycles. The topological polar surface area (TPSA) is 123 Å². The Morgan fingerprint density at radius 3 is 2.81 bits per heavy atom. The van der Waals surface area contributed by atoms with Crippen molar-refractivity contribution < 1.29 is 33.3 Å². The summed E-state index contributed by atoms with van der Waals surface area (Å²) in [5.41, 5.74) is -1.12. The van der Waals surface area contributed by atoms with E-state index in [1.165, 1.54) is 0 Å². The minimum absolute atomic E-state index is 0.174. The van der Waals surface area contributed by atoms with E-state index in [1.807, 2.05) is 6.92 Å². The normalized spacial score (nSPS) is 24.4. The number of rotatable bonds is 7. The number of aliphatic hydroxyl groups is 2. The number of ether oxygens (including phenoxy) is 2. The van der Waals surface area contributed by atoms with Gasteiger partial charge in [-0.15, -0.1) is 0 Å². The van der Waals surface area contributed by atoms with Crippen molar-refractivity contribution >= 4 is 11.9 Å². The fourth-order valence-corrected chi connectivity index (χ4v) is 2.44. The molecule has 146 valence electrons. The Labute approximate surface area is 147 Å². The number of aromatic nitrogens is 2. The lowest BCUT2D eigenvalue weighted by Gasteiger charge is -2.21. The zero-order chi connectivity index (χ0) is 19.3. The van der Waals surface area contributed by atoms with Crippen molar-refractivity contribution in [3.63, 3.8) is 0 Å². The Bertz CT molecular complexity index is 684. The Balaban J connectivity index is 2.06. The molecule has 3 unspecified atom stereocenters. The van der Waals surface area contributed by atoms with Gasteiger partial charge < -0.3 is 19.7 Å². The molecule has 1 aliphatic heterocycles. The summed E-state index contributed by atoms with van der Waals surface area (Å²) in [4.78, 5) is 27.0. The highest BCUT2D eigenvalue weighted by Crippen LogP contribution is 2.41. The van der Waals surface area contributed by atoms with Crippen LogP contribution in [-0.4, -0.2) is 57.2 Å². The van der Waals surface area contributed by atoms with Crippen LogP contribution in [-0.2, 0) is 9.47 Å². The third-order valence-electron chi connectivity index (χ3n) is 3.85. The standard InChI is InChI=1S/C15H21F2N3O6/c1-2-3-4-7-25-14(24)19-10-5-6-20(13(23)18-10)12-15(16,17)11(22)9(8-21)26-12/h5-6,9,11-12,21-22H,2-4,7-8H2,1H3,(H,18,19,23,24). The van der Waals surface area contributed by atoms with Gasteiger partial charge in [-0.3, -0.25) is 9.88 Å². The predicted octanol–water partition coefficient (Wildman–Crippen LogP) is 0.868. The average Bonchev–Trinajstić information content (AvgIpc) is 2.82. The van der Waals surface area contributed by atoms with Crippen LogP contribution >= 0.6 is 0 Å². The molecule has 0 bridgehead atoms. The maximum Gasteiger partial charge on any atom is 0.412 e. The van der Waals surface area contributed by atoms with E-state index in [4.69, 9.17) is 14.6 Å². The predicted molar refractivity (Wildman–Crippen MR) is 84.9 cm³/mol. The first kappa shape index (κ1) is 20.2. The number of unbranched alkanes of at least 4 members (excludes halogenated alkanes) is 2. The third kappa shape index (κ3) is 4.34. The number of aliphatic hydroxyl groups excluding tert-OH is 2. The lowest BCUT2D eigenvalue weighted by atomic mass is 10.1. The zero-order valence-corrected chi connectivity index (χ0v) is 14.1. The van der Waals surface area contributed by atoms with E-state index in [0.29, 0.717) is 11.0 Å². The maximum atomic E-state index is 14.1. The second kappa shape index (κ2) is 8.52. The number of amides is 1. The van der Waals surface area contributed by atoms with Gasteiger partial charge in [-0.1, -0.05) is 19.8 Å². The largest absolute Gasteiger partial charge is 0.449 e. The molecule has 1 aromatic rings. The molecule has 1 aliphatic rings. The van der Waals surface area contributed by atoms with Crippen molar-refractivity contribution in [1.29, 1.82) is 0 Å². The summed E-state index contributed by atoms with van der Waals surface area (Å²) in [6.07, 6.45) is -3.22. The Morgan fingerprint density at radius 1 is 1.50 bits per heavy atom. The molecule has 2 heterocycles. The van der Waals surface area contributed by atoms with Gasteiger partial charge in [0.1, 0.15) is 11.9 Å². The molecule has 0 saturated carbocycles. The monoisotopic (exact) mass is 377 g/mol. The molecule has 0 aliphatic carbocycles. The first-order chi connectivity index (χ1) is 12.3. The van der Waals surface area contributed by atoms with Gasteiger partial charge >= 0.3 is 17.7 Å². The third-order valence-corrected chi connectivity index (χ3v) is 3.85. The van der Waals surface area contributed by atoms with Crippen LogP contribution in [0.5, 0.6) is 0 Å². The summed E-state index contributed by atoms with van der Waals surface area (Å²) >= 11 is 0. The number of carbonyl (C=O) groups excluding carboxylic acids is 1. The van der Waals surface area contributed by atoms with E-state index in [-0.39, 0.29) is 12.4 Å². The van der Waals surface area contributed by atoms with Gasteiger partial charge in [0.2, 0.25) is 6.23 Å². The summed E-state index contributed by atoms with van der Waals surface area (Å²) < 4.78 is 38.3. The molecule has 3 atom stereocenters. The molecule has 1 amide bonds. The van der Waals surface area contributed by atoms with Gasteiger partial charge in [0.15, 0.2) is 6.10 Å². The first-order valence-electron chi connectivity index (χ1n) is 8.16. The van der Waals surface area contributed by atoms with E-state index in [2.05, 4.69) is 10.3 Å². The summed E-state index contributed by atoms with van der Waals surface area (Å²) in [5.74, 6) is -3.97. The van der Waals surface area contributed by atoms with E-state index in [1.54, 1.807) is 0 Å². The van der Waals surface area contributed by atoms with Crippen molar-refractivity contribution in [1.82, 2.24) is 9.55 Å². The summed E-state index contributed by atoms with van der Waals surface area (Å²) in [6.45, 7) is 1.37. The summed E-state index contributed by atoms with van der Waals surface area (Å²) in [7, 11) is 0. The minimum atomic E-state index is -3.80. The van der Waals surface area contributed by atoms with Crippen LogP contribution in [0.25, 0.3) is 0 Å². The molecular formula is C15H21F2N3O6. The number of carbonyl (C=O) groups is 1. The number of alkyl halides is 2. The summed E-state index contributed by atoms with van der Waals surface area (Å²) in [6, 6.07) is 1.12. The van der Waals surface area contributed by atoms with Crippen LogP contribution in [0.3, 0.4) is 0 Å². The van der Waals surface area contributed by atoms with Gasteiger partial charge in [0, 0.05) is 6.20 Å². The number of hydrogen-bond donors (Lipinski definition) is 3. The van der Waals surface area contributed by atoms with Crippen molar-refractivity contribution in [3.05, 3.63) is 22.7 Å².